The van der Waals surface area contributed by atoms with Crippen molar-refractivity contribution < 1.29 is 4.74 Å². The first-order valence-corrected chi connectivity index (χ1v) is 10.3. The molecular weight excluding hydrogens is 348 g/mol. The lowest BCUT2D eigenvalue weighted by Crippen LogP contribution is -2.37. The third-order valence-electron chi connectivity index (χ3n) is 4.94. The van der Waals surface area contributed by atoms with Gasteiger partial charge in [0.15, 0.2) is 5.96 Å². The SMILES string of the molecule is CN=C(NCCCOc1ccccc1)NCc1ccc(CN2CCCC2)cc1. The smallest absolute Gasteiger partial charge is 0.191 e. The molecule has 150 valence electrons. The molecule has 0 radical (unpaired) electrons. The molecule has 0 aliphatic carbocycles. The second-order valence-corrected chi connectivity index (χ2v) is 7.17. The third kappa shape index (κ3) is 6.89. The van der Waals surface area contributed by atoms with Gasteiger partial charge >= 0.3 is 0 Å². The molecule has 2 N–H and O–H groups in total. The monoisotopic (exact) mass is 380 g/mol. The summed E-state index contributed by atoms with van der Waals surface area (Å²) < 4.78 is 5.71. The second-order valence-electron chi connectivity index (χ2n) is 7.17. The summed E-state index contributed by atoms with van der Waals surface area (Å²) in [7, 11) is 1.80. The van der Waals surface area contributed by atoms with Crippen molar-refractivity contribution in [2.75, 3.05) is 33.3 Å². The van der Waals surface area contributed by atoms with E-state index in [-0.39, 0.29) is 0 Å². The Bertz CT molecular complexity index is 709. The molecule has 0 bridgehead atoms. The Morgan fingerprint density at radius 2 is 1.68 bits per heavy atom. The van der Waals surface area contributed by atoms with Gasteiger partial charge in [0.05, 0.1) is 6.61 Å². The van der Waals surface area contributed by atoms with E-state index in [1.807, 2.05) is 30.3 Å². The molecular formula is C23H32N4O. The number of hydrogen-bond acceptors (Lipinski definition) is 3. The first-order valence-electron chi connectivity index (χ1n) is 10.3. The minimum absolute atomic E-state index is 0.687. The summed E-state index contributed by atoms with van der Waals surface area (Å²) in [5, 5.41) is 6.71. The van der Waals surface area contributed by atoms with Crippen LogP contribution in [-0.4, -0.2) is 44.1 Å². The molecule has 1 aliphatic heterocycles. The van der Waals surface area contributed by atoms with Crippen LogP contribution in [-0.2, 0) is 13.1 Å². The van der Waals surface area contributed by atoms with Crippen molar-refractivity contribution in [2.24, 2.45) is 4.99 Å². The van der Waals surface area contributed by atoms with Crippen molar-refractivity contribution >= 4 is 5.96 Å². The fourth-order valence-corrected chi connectivity index (χ4v) is 3.35. The van der Waals surface area contributed by atoms with Gasteiger partial charge in [-0.1, -0.05) is 42.5 Å². The van der Waals surface area contributed by atoms with Crippen LogP contribution in [0.15, 0.2) is 59.6 Å². The molecule has 0 amide bonds. The lowest BCUT2D eigenvalue weighted by atomic mass is 10.1. The molecule has 1 saturated heterocycles. The van der Waals surface area contributed by atoms with E-state index in [2.05, 4.69) is 44.8 Å². The average Bonchev–Trinajstić information content (AvgIpc) is 3.25. The molecule has 0 unspecified atom stereocenters. The molecule has 5 heteroatoms. The fraction of sp³-hybridized carbons (Fsp3) is 0.435. The number of para-hydroxylation sites is 1. The summed E-state index contributed by atoms with van der Waals surface area (Å²) in [5.41, 5.74) is 2.66. The van der Waals surface area contributed by atoms with Crippen molar-refractivity contribution in [3.05, 3.63) is 65.7 Å². The van der Waals surface area contributed by atoms with E-state index in [4.69, 9.17) is 4.74 Å². The van der Waals surface area contributed by atoms with Crippen LogP contribution in [0.1, 0.15) is 30.4 Å². The fourth-order valence-electron chi connectivity index (χ4n) is 3.35. The Balaban J connectivity index is 1.32. The first-order chi connectivity index (χ1) is 13.8. The number of nitrogens with one attached hydrogen (secondary N) is 2. The van der Waals surface area contributed by atoms with Crippen molar-refractivity contribution in [1.82, 2.24) is 15.5 Å². The van der Waals surface area contributed by atoms with E-state index >= 15 is 0 Å². The molecule has 0 spiro atoms. The van der Waals surface area contributed by atoms with Crippen LogP contribution in [0.3, 0.4) is 0 Å². The van der Waals surface area contributed by atoms with Crippen molar-refractivity contribution in [3.8, 4) is 5.75 Å². The topological polar surface area (TPSA) is 48.9 Å². The molecule has 3 rings (SSSR count). The summed E-state index contributed by atoms with van der Waals surface area (Å²) in [5.74, 6) is 1.74. The zero-order valence-electron chi connectivity index (χ0n) is 16.9. The highest BCUT2D eigenvalue weighted by molar-refractivity contribution is 5.79. The van der Waals surface area contributed by atoms with Gasteiger partial charge in [0.2, 0.25) is 0 Å². The maximum Gasteiger partial charge on any atom is 0.191 e. The predicted molar refractivity (Wildman–Crippen MR) is 116 cm³/mol. The van der Waals surface area contributed by atoms with E-state index in [0.29, 0.717) is 6.61 Å². The van der Waals surface area contributed by atoms with Crippen LogP contribution in [0.2, 0.25) is 0 Å². The Kier molecular flexibility index (Phi) is 8.19. The first kappa shape index (κ1) is 20.2. The van der Waals surface area contributed by atoms with Gasteiger partial charge in [-0.25, -0.2) is 0 Å². The van der Waals surface area contributed by atoms with Crippen molar-refractivity contribution in [1.29, 1.82) is 0 Å². The number of nitrogens with zero attached hydrogens (tertiary/aromatic N) is 2. The Hall–Kier alpha value is -2.53. The third-order valence-corrected chi connectivity index (χ3v) is 4.94. The molecule has 0 saturated carbocycles. The normalized spacial score (nSPS) is 14.8. The molecule has 2 aromatic rings. The molecule has 1 heterocycles. The van der Waals surface area contributed by atoms with Crippen molar-refractivity contribution in [2.45, 2.75) is 32.4 Å². The minimum atomic E-state index is 0.687. The zero-order valence-corrected chi connectivity index (χ0v) is 16.9. The van der Waals surface area contributed by atoms with E-state index in [0.717, 1.165) is 37.8 Å². The number of ether oxygens (including phenoxy) is 1. The molecule has 0 atom stereocenters. The second kappa shape index (κ2) is 11.3. The number of hydrogen-bond donors (Lipinski definition) is 2. The Morgan fingerprint density at radius 1 is 0.964 bits per heavy atom. The van der Waals surface area contributed by atoms with E-state index in [1.54, 1.807) is 7.05 Å². The molecule has 28 heavy (non-hydrogen) atoms. The Labute approximate surface area is 168 Å². The van der Waals surface area contributed by atoms with E-state index in [1.165, 1.54) is 37.1 Å². The van der Waals surface area contributed by atoms with Gasteiger partial charge in [0.25, 0.3) is 0 Å². The maximum absolute atomic E-state index is 5.71. The molecule has 1 aliphatic rings. The highest BCUT2D eigenvalue weighted by Crippen LogP contribution is 2.13. The largest absolute Gasteiger partial charge is 0.494 e. The van der Waals surface area contributed by atoms with Crippen LogP contribution in [0, 0.1) is 0 Å². The summed E-state index contributed by atoms with van der Waals surface area (Å²) in [4.78, 5) is 6.82. The van der Waals surface area contributed by atoms with Gasteiger partial charge in [0, 0.05) is 26.7 Å². The summed E-state index contributed by atoms with van der Waals surface area (Å²) >= 11 is 0. The maximum atomic E-state index is 5.71. The number of likely N-dealkylation sites (tertiary alicyclic amines) is 1. The number of benzene rings is 2. The van der Waals surface area contributed by atoms with Gasteiger partial charge in [-0.15, -0.1) is 0 Å². The summed E-state index contributed by atoms with van der Waals surface area (Å²) in [6.45, 7) is 5.82. The standard InChI is InChI=1S/C23H32N4O/c1-24-23(25-14-7-17-28-22-8-3-2-4-9-22)26-18-20-10-12-21(13-11-20)19-27-15-5-6-16-27/h2-4,8-13H,5-7,14-19H2,1H3,(H2,24,25,26). The highest BCUT2D eigenvalue weighted by atomic mass is 16.5. The zero-order chi connectivity index (χ0) is 19.4. The molecule has 2 aromatic carbocycles. The molecule has 0 aromatic heterocycles. The Morgan fingerprint density at radius 3 is 2.39 bits per heavy atom. The van der Waals surface area contributed by atoms with Gasteiger partial charge in [-0.3, -0.25) is 9.89 Å². The van der Waals surface area contributed by atoms with Crippen LogP contribution >= 0.6 is 0 Å². The van der Waals surface area contributed by atoms with Gasteiger partial charge in [0.1, 0.15) is 5.75 Å². The van der Waals surface area contributed by atoms with E-state index < -0.39 is 0 Å². The minimum Gasteiger partial charge on any atom is -0.494 e. The predicted octanol–water partition coefficient (Wildman–Crippen LogP) is 3.42. The molecule has 1 fully saturated rings. The quantitative estimate of drug-likeness (QED) is 0.398. The van der Waals surface area contributed by atoms with Crippen LogP contribution in [0.5, 0.6) is 5.75 Å². The summed E-state index contributed by atoms with van der Waals surface area (Å²) in [6, 6.07) is 18.8. The summed E-state index contributed by atoms with van der Waals surface area (Å²) in [6.07, 6.45) is 3.60. The van der Waals surface area contributed by atoms with Crippen molar-refractivity contribution in [3.63, 3.8) is 0 Å². The van der Waals surface area contributed by atoms with Crippen LogP contribution in [0.25, 0.3) is 0 Å². The van der Waals surface area contributed by atoms with Gasteiger partial charge < -0.3 is 15.4 Å². The number of aliphatic imine (C=N–C) groups is 1. The van der Waals surface area contributed by atoms with Gasteiger partial charge in [-0.2, -0.15) is 0 Å². The molecule has 5 nitrogen and oxygen atoms in total. The highest BCUT2D eigenvalue weighted by Gasteiger charge is 2.11. The lowest BCUT2D eigenvalue weighted by Gasteiger charge is -2.15. The number of rotatable bonds is 9. The van der Waals surface area contributed by atoms with E-state index in [9.17, 15) is 0 Å². The number of guanidine groups is 1. The van der Waals surface area contributed by atoms with Crippen LogP contribution in [0.4, 0.5) is 0 Å². The lowest BCUT2D eigenvalue weighted by molar-refractivity contribution is 0.311. The average molecular weight is 381 g/mol. The van der Waals surface area contributed by atoms with Crippen LogP contribution < -0.4 is 15.4 Å². The van der Waals surface area contributed by atoms with Gasteiger partial charge in [-0.05, 0) is 55.6 Å².